The number of nitrogens with one attached hydrogen (secondary N) is 1. The molecule has 0 spiro atoms. The van der Waals surface area contributed by atoms with E-state index in [4.69, 9.17) is 32.7 Å². The molecule has 5 atom stereocenters. The second-order valence-electron chi connectivity index (χ2n) is 13.0. The number of benzene rings is 4. The van der Waals surface area contributed by atoms with Crippen LogP contribution in [0.4, 0.5) is 0 Å². The summed E-state index contributed by atoms with van der Waals surface area (Å²) in [6.07, 6.45) is 2.13. The highest BCUT2D eigenvalue weighted by atomic mass is 35.5. The second-order valence-corrected chi connectivity index (χ2v) is 13.8. The maximum Gasteiger partial charge on any atom is 0.255 e. The molecular formula is C40H42Cl2N2O6. The number of carbonyl (C=O) groups excluding carboxylic acids is 2. The van der Waals surface area contributed by atoms with E-state index in [9.17, 15) is 19.8 Å². The van der Waals surface area contributed by atoms with Crippen molar-refractivity contribution in [1.29, 1.82) is 0 Å². The van der Waals surface area contributed by atoms with E-state index in [0.717, 1.165) is 35.3 Å². The normalized spacial score (nSPS) is 21.0. The minimum absolute atomic E-state index is 0.224. The Hall–Kier alpha value is -3.92. The molecule has 1 aliphatic heterocycles. The molecule has 8 nitrogen and oxygen atoms in total. The molecule has 0 aromatic heterocycles. The van der Waals surface area contributed by atoms with E-state index in [1.54, 1.807) is 42.3 Å². The maximum absolute atomic E-state index is 14.3. The van der Waals surface area contributed by atoms with Gasteiger partial charge in [-0.15, -0.1) is 0 Å². The van der Waals surface area contributed by atoms with Gasteiger partial charge in [-0.25, -0.2) is 0 Å². The standard InChI is InChI=1S/C40H42Cl2N2O6/c1-49-29-16-13-26(14-17-29)24-50-36(46)22-27-8-6-7-25(21-27)19-20-43-39(47)37-30-9-2-3-10-31(30)40(48)44(34-11-4-5-12-35(34)45)38(37)32-18-15-28(41)23-33(32)42/h2-3,6-10,13-18,21,23,34-38,45-46H,4-5,11-12,19-20,22,24H2,1H3,(H,43,47)/t34-,35-,36?,37+,38-/m0/s1. The third-order valence-corrected chi connectivity index (χ3v) is 10.3. The number of nitrogens with zero attached hydrogens (tertiary/aromatic N) is 1. The van der Waals surface area contributed by atoms with E-state index in [2.05, 4.69) is 5.32 Å². The van der Waals surface area contributed by atoms with Crippen molar-refractivity contribution in [3.8, 4) is 5.75 Å². The Labute approximate surface area is 302 Å². The van der Waals surface area contributed by atoms with Crippen LogP contribution in [0, 0.1) is 0 Å². The summed E-state index contributed by atoms with van der Waals surface area (Å²) in [6.45, 7) is 0.616. The van der Waals surface area contributed by atoms with E-state index in [-0.39, 0.29) is 18.4 Å². The minimum Gasteiger partial charge on any atom is -0.497 e. The Morgan fingerprint density at radius 1 is 0.920 bits per heavy atom. The molecule has 1 aliphatic carbocycles. The molecule has 50 heavy (non-hydrogen) atoms. The number of halogens is 2. The van der Waals surface area contributed by atoms with Gasteiger partial charge >= 0.3 is 0 Å². The van der Waals surface area contributed by atoms with Crippen molar-refractivity contribution >= 4 is 35.0 Å². The summed E-state index contributed by atoms with van der Waals surface area (Å²) in [5.41, 5.74) is 4.52. The smallest absolute Gasteiger partial charge is 0.255 e. The highest BCUT2D eigenvalue weighted by molar-refractivity contribution is 6.35. The van der Waals surface area contributed by atoms with Crippen molar-refractivity contribution in [2.45, 2.75) is 75.5 Å². The zero-order valence-corrected chi connectivity index (χ0v) is 29.4. The molecule has 0 saturated heterocycles. The molecule has 4 aromatic rings. The van der Waals surface area contributed by atoms with Crippen LogP contribution in [0.3, 0.4) is 0 Å². The first-order chi connectivity index (χ1) is 24.2. The Balaban J connectivity index is 1.18. The van der Waals surface area contributed by atoms with Crippen LogP contribution in [0.5, 0.6) is 5.75 Å². The van der Waals surface area contributed by atoms with Gasteiger partial charge in [-0.3, -0.25) is 9.59 Å². The van der Waals surface area contributed by atoms with E-state index in [1.807, 2.05) is 60.7 Å². The molecule has 1 fully saturated rings. The number of carbonyl (C=O) groups is 2. The summed E-state index contributed by atoms with van der Waals surface area (Å²) in [5, 5.41) is 25.7. The van der Waals surface area contributed by atoms with Gasteiger partial charge in [0.05, 0.1) is 37.8 Å². The summed E-state index contributed by atoms with van der Waals surface area (Å²) in [5.74, 6) is -0.484. The van der Waals surface area contributed by atoms with Gasteiger partial charge in [-0.2, -0.15) is 0 Å². The lowest BCUT2D eigenvalue weighted by Crippen LogP contribution is -2.55. The highest BCUT2D eigenvalue weighted by Gasteiger charge is 2.48. The Kier molecular flexibility index (Phi) is 11.8. The minimum atomic E-state index is -0.983. The van der Waals surface area contributed by atoms with Gasteiger partial charge in [0.2, 0.25) is 5.91 Å². The van der Waals surface area contributed by atoms with Crippen molar-refractivity contribution in [2.24, 2.45) is 0 Å². The second kappa shape index (κ2) is 16.4. The van der Waals surface area contributed by atoms with Crippen molar-refractivity contribution in [3.63, 3.8) is 0 Å². The molecule has 2 aliphatic rings. The van der Waals surface area contributed by atoms with Gasteiger partial charge in [-0.05, 0) is 77.4 Å². The first kappa shape index (κ1) is 35.9. The molecule has 10 heteroatoms. The summed E-state index contributed by atoms with van der Waals surface area (Å²) in [4.78, 5) is 30.3. The molecule has 262 valence electrons. The van der Waals surface area contributed by atoms with Crippen LogP contribution in [-0.4, -0.2) is 59.0 Å². The van der Waals surface area contributed by atoms with Gasteiger partial charge in [0, 0.05) is 28.6 Å². The first-order valence-corrected chi connectivity index (χ1v) is 17.8. The van der Waals surface area contributed by atoms with Gasteiger partial charge in [0.1, 0.15) is 5.75 Å². The molecule has 2 amide bonds. The molecule has 1 heterocycles. The zero-order valence-electron chi connectivity index (χ0n) is 27.9. The number of ether oxygens (including phenoxy) is 2. The van der Waals surface area contributed by atoms with Crippen LogP contribution in [-0.2, 0) is 29.0 Å². The summed E-state index contributed by atoms with van der Waals surface area (Å²) in [6, 6.07) is 26.5. The number of hydrogen-bond donors (Lipinski definition) is 3. The van der Waals surface area contributed by atoms with Crippen molar-refractivity contribution in [1.82, 2.24) is 10.2 Å². The summed E-state index contributed by atoms with van der Waals surface area (Å²) >= 11 is 13.1. The largest absolute Gasteiger partial charge is 0.497 e. The van der Waals surface area contributed by atoms with E-state index in [0.29, 0.717) is 59.0 Å². The highest BCUT2D eigenvalue weighted by Crippen LogP contribution is 2.47. The van der Waals surface area contributed by atoms with Crippen LogP contribution < -0.4 is 10.1 Å². The predicted molar refractivity (Wildman–Crippen MR) is 193 cm³/mol. The topological polar surface area (TPSA) is 108 Å². The third kappa shape index (κ3) is 8.17. The molecule has 6 rings (SSSR count). The fourth-order valence-corrected chi connectivity index (χ4v) is 7.73. The van der Waals surface area contributed by atoms with Crippen LogP contribution in [0.15, 0.2) is 91.0 Å². The zero-order chi connectivity index (χ0) is 35.2. The summed E-state index contributed by atoms with van der Waals surface area (Å²) in [7, 11) is 1.61. The fraction of sp³-hybridized carbons (Fsp3) is 0.350. The maximum atomic E-state index is 14.3. The number of methoxy groups -OCH3 is 1. The van der Waals surface area contributed by atoms with Gasteiger partial charge in [0.15, 0.2) is 6.29 Å². The average molecular weight is 718 g/mol. The number of hydrogen-bond acceptors (Lipinski definition) is 6. The molecule has 0 bridgehead atoms. The van der Waals surface area contributed by atoms with E-state index >= 15 is 0 Å². The van der Waals surface area contributed by atoms with Crippen molar-refractivity contribution in [3.05, 3.63) is 134 Å². The Morgan fingerprint density at radius 3 is 2.44 bits per heavy atom. The molecule has 3 N–H and O–H groups in total. The SMILES string of the molecule is COc1ccc(COC(O)Cc2cccc(CCNC(=O)[C@@H]3c4ccccc4C(=O)N([C@H]4CCCC[C@@H]4O)[C@H]3c3ccc(Cl)cc3Cl)c2)cc1. The van der Waals surface area contributed by atoms with Gasteiger partial charge < -0.3 is 29.9 Å². The molecule has 0 radical (unpaired) electrons. The number of rotatable bonds is 12. The van der Waals surface area contributed by atoms with Crippen molar-refractivity contribution in [2.75, 3.05) is 13.7 Å². The van der Waals surface area contributed by atoms with E-state index < -0.39 is 30.4 Å². The van der Waals surface area contributed by atoms with E-state index in [1.165, 1.54) is 0 Å². The lowest BCUT2D eigenvalue weighted by molar-refractivity contribution is -0.125. The third-order valence-electron chi connectivity index (χ3n) is 9.71. The van der Waals surface area contributed by atoms with Gasteiger partial charge in [0.25, 0.3) is 5.91 Å². The Morgan fingerprint density at radius 2 is 1.68 bits per heavy atom. The average Bonchev–Trinajstić information content (AvgIpc) is 3.11. The lowest BCUT2D eigenvalue weighted by atomic mass is 9.76. The lowest BCUT2D eigenvalue weighted by Gasteiger charge is -2.48. The molecule has 1 unspecified atom stereocenters. The Bertz CT molecular complexity index is 1800. The predicted octanol–water partition coefficient (Wildman–Crippen LogP) is 7.02. The first-order valence-electron chi connectivity index (χ1n) is 17.1. The number of amides is 2. The van der Waals surface area contributed by atoms with Crippen LogP contribution >= 0.6 is 23.2 Å². The molecular weight excluding hydrogens is 675 g/mol. The quantitative estimate of drug-likeness (QED) is 0.136. The molecule has 1 saturated carbocycles. The molecule has 4 aromatic carbocycles. The van der Waals surface area contributed by atoms with Crippen molar-refractivity contribution < 1.29 is 29.3 Å². The van der Waals surface area contributed by atoms with Crippen LogP contribution in [0.1, 0.15) is 75.8 Å². The van der Waals surface area contributed by atoms with Crippen LogP contribution in [0.25, 0.3) is 0 Å². The fourth-order valence-electron chi connectivity index (χ4n) is 7.21. The number of fused-ring (bicyclic) bond motifs is 1. The van der Waals surface area contributed by atoms with Gasteiger partial charge in [-0.1, -0.05) is 96.7 Å². The van der Waals surface area contributed by atoms with Crippen LogP contribution in [0.2, 0.25) is 10.0 Å². The monoisotopic (exact) mass is 716 g/mol. The number of aliphatic hydroxyl groups excluding tert-OH is 2. The summed E-state index contributed by atoms with van der Waals surface area (Å²) < 4.78 is 10.9. The number of aliphatic hydroxyl groups is 2.